The van der Waals surface area contributed by atoms with Gasteiger partial charge in [-0.15, -0.1) is 0 Å². The summed E-state index contributed by atoms with van der Waals surface area (Å²) in [4.78, 5) is 38.5. The number of nitrogens with zero attached hydrogens (tertiary/aromatic N) is 2. The van der Waals surface area contributed by atoms with Crippen LogP contribution in [-0.4, -0.2) is 53.2 Å². The van der Waals surface area contributed by atoms with Crippen LogP contribution in [-0.2, 0) is 4.74 Å². The Morgan fingerprint density at radius 2 is 1.66 bits per heavy atom. The Balaban J connectivity index is 1.62. The van der Waals surface area contributed by atoms with E-state index in [1.54, 1.807) is 35.2 Å². The van der Waals surface area contributed by atoms with Gasteiger partial charge in [-0.2, -0.15) is 0 Å². The number of amides is 4. The lowest BCUT2D eigenvalue weighted by atomic mass is 10.0. The average molecular weight is 442 g/mol. The third kappa shape index (κ3) is 6.03. The molecule has 0 unspecified atom stereocenters. The molecule has 9 heteroatoms. The van der Waals surface area contributed by atoms with Gasteiger partial charge in [0.25, 0.3) is 5.91 Å². The van der Waals surface area contributed by atoms with E-state index in [1.165, 1.54) is 7.05 Å². The summed E-state index contributed by atoms with van der Waals surface area (Å²) < 4.78 is 7.42. The number of anilines is 2. The molecule has 172 valence electrons. The van der Waals surface area contributed by atoms with E-state index in [2.05, 4.69) is 16.0 Å². The maximum absolute atomic E-state index is 12.9. The zero-order chi connectivity index (χ0) is 23.3. The van der Waals surface area contributed by atoms with E-state index in [0.29, 0.717) is 30.2 Å². The number of carbonyl (C=O) groups excluding carboxylic acids is 3. The van der Waals surface area contributed by atoms with Crippen molar-refractivity contribution in [1.29, 1.82) is 0 Å². The van der Waals surface area contributed by atoms with Crippen molar-refractivity contribution in [1.82, 2.24) is 14.8 Å². The summed E-state index contributed by atoms with van der Waals surface area (Å²) in [6.07, 6.45) is 3.07. The number of ether oxygens (including phenoxy) is 1. The quantitative estimate of drug-likeness (QED) is 0.665. The molecule has 0 aliphatic carbocycles. The van der Waals surface area contributed by atoms with Crippen LogP contribution in [0.3, 0.4) is 0 Å². The highest BCUT2D eigenvalue weighted by molar-refractivity contribution is 6.03. The lowest BCUT2D eigenvalue weighted by molar-refractivity contribution is 0.0187. The normalized spacial score (nSPS) is 14.6. The Morgan fingerprint density at radius 3 is 2.28 bits per heavy atom. The summed E-state index contributed by atoms with van der Waals surface area (Å²) in [6.45, 7) is 6.71. The Morgan fingerprint density at radius 1 is 1.00 bits per heavy atom. The lowest BCUT2D eigenvalue weighted by Gasteiger charge is -2.34. The average Bonchev–Trinajstić information content (AvgIpc) is 3.23. The van der Waals surface area contributed by atoms with Crippen molar-refractivity contribution in [2.45, 2.75) is 45.3 Å². The molecule has 3 rings (SSSR count). The number of rotatable bonds is 4. The van der Waals surface area contributed by atoms with Crippen LogP contribution in [0.4, 0.5) is 21.0 Å². The molecular formula is C23H31N5O4. The molecule has 3 N–H and O–H groups in total. The van der Waals surface area contributed by atoms with E-state index >= 15 is 0 Å². The zero-order valence-corrected chi connectivity index (χ0v) is 19.0. The van der Waals surface area contributed by atoms with Crippen molar-refractivity contribution < 1.29 is 19.1 Å². The molecule has 0 bridgehead atoms. The second-order valence-corrected chi connectivity index (χ2v) is 8.74. The molecule has 32 heavy (non-hydrogen) atoms. The number of carbonyl (C=O) groups is 3. The van der Waals surface area contributed by atoms with Crippen LogP contribution in [0.25, 0.3) is 0 Å². The second kappa shape index (κ2) is 9.76. The number of hydrogen-bond acceptors (Lipinski definition) is 4. The lowest BCUT2D eigenvalue weighted by Crippen LogP contribution is -2.42. The van der Waals surface area contributed by atoms with Gasteiger partial charge >= 0.3 is 12.1 Å². The second-order valence-electron chi connectivity index (χ2n) is 8.74. The fourth-order valence-corrected chi connectivity index (χ4v) is 3.62. The Kier molecular flexibility index (Phi) is 7.07. The van der Waals surface area contributed by atoms with Crippen molar-refractivity contribution in [3.63, 3.8) is 0 Å². The van der Waals surface area contributed by atoms with Gasteiger partial charge in [0.2, 0.25) is 0 Å². The van der Waals surface area contributed by atoms with Gasteiger partial charge in [-0.05, 0) is 63.9 Å². The molecule has 0 spiro atoms. The first-order chi connectivity index (χ1) is 15.2. The van der Waals surface area contributed by atoms with Crippen LogP contribution in [0.2, 0.25) is 0 Å². The Labute approximate surface area is 188 Å². The Bertz CT molecular complexity index is 971. The molecule has 9 nitrogen and oxygen atoms in total. The molecule has 0 radical (unpaired) electrons. The highest BCUT2D eigenvalue weighted by Crippen LogP contribution is 2.26. The fraction of sp³-hybridized carbons (Fsp3) is 0.435. The number of urea groups is 1. The molecule has 1 fully saturated rings. The topological polar surface area (TPSA) is 105 Å². The van der Waals surface area contributed by atoms with Crippen molar-refractivity contribution in [3.05, 3.63) is 48.3 Å². The minimum absolute atomic E-state index is 0.116. The molecule has 1 aliphatic rings. The fourth-order valence-electron chi connectivity index (χ4n) is 3.62. The highest BCUT2D eigenvalue weighted by atomic mass is 16.6. The summed E-state index contributed by atoms with van der Waals surface area (Å²) in [7, 11) is 1.53. The van der Waals surface area contributed by atoms with Gasteiger partial charge in [0.1, 0.15) is 11.3 Å². The monoisotopic (exact) mass is 441 g/mol. The number of piperidine rings is 1. The highest BCUT2D eigenvalue weighted by Gasteiger charge is 2.28. The molecule has 2 aromatic rings. The van der Waals surface area contributed by atoms with Gasteiger partial charge in [-0.3, -0.25) is 4.79 Å². The SMILES string of the molecule is CNC(=O)Nc1cccc(NC(=O)c2cccn2C2CCN(C(=O)OC(C)(C)C)CC2)c1. The van der Waals surface area contributed by atoms with E-state index in [-0.39, 0.29) is 24.1 Å². The maximum atomic E-state index is 12.9. The van der Waals surface area contributed by atoms with Crippen molar-refractivity contribution >= 4 is 29.4 Å². The summed E-state index contributed by atoms with van der Waals surface area (Å²) in [5, 5.41) is 8.06. The van der Waals surface area contributed by atoms with Crippen molar-refractivity contribution in [2.24, 2.45) is 0 Å². The molecule has 1 aliphatic heterocycles. The standard InChI is InChI=1S/C23H31N5O4/c1-23(2,3)32-22(31)27-13-10-18(11-14-27)28-12-6-9-19(28)20(29)25-16-7-5-8-17(15-16)26-21(30)24-4/h5-9,12,15,18H,10-11,13-14H2,1-4H3,(H,25,29)(H2,24,26,30). The van der Waals surface area contributed by atoms with Crippen molar-refractivity contribution in [2.75, 3.05) is 30.8 Å². The van der Waals surface area contributed by atoms with Gasteiger partial charge in [-0.25, -0.2) is 9.59 Å². The first kappa shape index (κ1) is 23.2. The molecule has 4 amide bonds. The van der Waals surface area contributed by atoms with E-state index in [4.69, 9.17) is 4.74 Å². The molecule has 0 saturated carbocycles. The number of nitrogens with one attached hydrogen (secondary N) is 3. The van der Waals surface area contributed by atoms with E-state index < -0.39 is 5.60 Å². The predicted molar refractivity (Wildman–Crippen MR) is 123 cm³/mol. The van der Waals surface area contributed by atoms with Gasteiger partial charge in [-0.1, -0.05) is 6.07 Å². The summed E-state index contributed by atoms with van der Waals surface area (Å²) >= 11 is 0. The van der Waals surface area contributed by atoms with Gasteiger partial charge in [0, 0.05) is 43.8 Å². The zero-order valence-electron chi connectivity index (χ0n) is 19.0. The van der Waals surface area contributed by atoms with Gasteiger partial charge < -0.3 is 30.2 Å². The molecule has 2 heterocycles. The van der Waals surface area contributed by atoms with Gasteiger partial charge in [0.05, 0.1) is 0 Å². The third-order valence-corrected chi connectivity index (χ3v) is 5.13. The molecule has 1 aromatic heterocycles. The Hall–Kier alpha value is -3.49. The number of hydrogen-bond donors (Lipinski definition) is 3. The summed E-state index contributed by atoms with van der Waals surface area (Å²) in [6, 6.07) is 10.4. The van der Waals surface area contributed by atoms with Crippen LogP contribution in [0.1, 0.15) is 50.1 Å². The minimum Gasteiger partial charge on any atom is -0.444 e. The smallest absolute Gasteiger partial charge is 0.410 e. The number of likely N-dealkylation sites (tertiary alicyclic amines) is 1. The summed E-state index contributed by atoms with van der Waals surface area (Å²) in [5.41, 5.74) is 1.18. The third-order valence-electron chi connectivity index (χ3n) is 5.13. The molecular weight excluding hydrogens is 410 g/mol. The largest absolute Gasteiger partial charge is 0.444 e. The summed E-state index contributed by atoms with van der Waals surface area (Å²) in [5.74, 6) is -0.235. The first-order valence-corrected chi connectivity index (χ1v) is 10.7. The van der Waals surface area contributed by atoms with Crippen LogP contribution >= 0.6 is 0 Å². The predicted octanol–water partition coefficient (Wildman–Crippen LogP) is 4.06. The van der Waals surface area contributed by atoms with E-state index in [1.807, 2.05) is 37.6 Å². The number of aromatic nitrogens is 1. The maximum Gasteiger partial charge on any atom is 0.410 e. The molecule has 0 atom stereocenters. The van der Waals surface area contributed by atoms with Crippen LogP contribution < -0.4 is 16.0 Å². The van der Waals surface area contributed by atoms with Crippen molar-refractivity contribution in [3.8, 4) is 0 Å². The molecule has 1 saturated heterocycles. The first-order valence-electron chi connectivity index (χ1n) is 10.7. The minimum atomic E-state index is -0.521. The van der Waals surface area contributed by atoms with Crippen LogP contribution in [0, 0.1) is 0 Å². The molecule has 1 aromatic carbocycles. The van der Waals surface area contributed by atoms with E-state index in [0.717, 1.165) is 12.8 Å². The van der Waals surface area contributed by atoms with E-state index in [9.17, 15) is 14.4 Å². The number of benzene rings is 1. The van der Waals surface area contributed by atoms with Gasteiger partial charge in [0.15, 0.2) is 0 Å². The van der Waals surface area contributed by atoms with Crippen LogP contribution in [0.5, 0.6) is 0 Å². The van der Waals surface area contributed by atoms with Crippen LogP contribution in [0.15, 0.2) is 42.6 Å².